The topological polar surface area (TPSA) is 86.6 Å². The van der Waals surface area contributed by atoms with Crippen molar-refractivity contribution in [1.82, 2.24) is 4.72 Å². The van der Waals surface area contributed by atoms with Crippen LogP contribution in [-0.4, -0.2) is 37.4 Å². The van der Waals surface area contributed by atoms with Gasteiger partial charge in [0, 0.05) is 6.54 Å². The Kier molecular flexibility index (Phi) is 9.09. The van der Waals surface area contributed by atoms with Gasteiger partial charge in [-0.15, -0.1) is 0 Å². The van der Waals surface area contributed by atoms with Crippen molar-refractivity contribution in [2.45, 2.75) is 135 Å². The maximum Gasteiger partial charge on any atom is 0.240 e. The highest BCUT2D eigenvalue weighted by Gasteiger charge is 2.64. The first-order valence-electron chi connectivity index (χ1n) is 17.1. The van der Waals surface area contributed by atoms with Gasteiger partial charge in [-0.3, -0.25) is 0 Å². The van der Waals surface area contributed by atoms with Crippen LogP contribution in [0.4, 0.5) is 0 Å². The molecule has 3 N–H and O–H groups in total. The molecule has 1 aromatic rings. The van der Waals surface area contributed by atoms with Gasteiger partial charge >= 0.3 is 0 Å². The lowest BCUT2D eigenvalue weighted by atomic mass is 9.41. The normalized spacial score (nSPS) is 41.1. The van der Waals surface area contributed by atoms with Gasteiger partial charge in [0.15, 0.2) is 0 Å². The van der Waals surface area contributed by atoms with Crippen LogP contribution in [0.15, 0.2) is 29.2 Å². The summed E-state index contributed by atoms with van der Waals surface area (Å²) in [6, 6.07) is 7.30. The molecule has 4 saturated carbocycles. The second-order valence-corrected chi connectivity index (χ2v) is 18.2. The summed E-state index contributed by atoms with van der Waals surface area (Å²) in [5.74, 6) is 3.38. The van der Waals surface area contributed by atoms with Crippen molar-refractivity contribution in [3.05, 3.63) is 29.8 Å². The summed E-state index contributed by atoms with van der Waals surface area (Å²) in [6.45, 7) is 16.5. The number of aliphatic hydroxyl groups is 2. The van der Waals surface area contributed by atoms with E-state index in [1.807, 2.05) is 12.1 Å². The lowest BCUT2D eigenvalue weighted by molar-refractivity contribution is -0.203. The molecule has 0 amide bonds. The molecule has 6 heteroatoms. The maximum atomic E-state index is 12.9. The quantitative estimate of drug-likeness (QED) is 0.273. The molecule has 0 spiro atoms. The number of hydrogen-bond donors (Lipinski definition) is 3. The number of rotatable bonds is 8. The SMILES string of the molecule is CC[C@H]1[C@@H](O)[C@@H]2[C@H](CC[C@]3(C)C([C@H](C)CCCNS(=O)(=O)c4ccc(C(C)(C)C)cc4)CC[C@@H]23)[C@@]2(C)CC[C@@H](O)C[C@@H]12. The molecule has 0 aliphatic heterocycles. The Labute approximate surface area is 256 Å². The fourth-order valence-corrected chi connectivity index (χ4v) is 12.1. The van der Waals surface area contributed by atoms with Gasteiger partial charge in [-0.05, 0) is 133 Å². The second-order valence-electron chi connectivity index (χ2n) is 16.4. The van der Waals surface area contributed by atoms with Crippen LogP contribution in [0.1, 0.15) is 118 Å². The van der Waals surface area contributed by atoms with Crippen LogP contribution in [-0.2, 0) is 15.4 Å². The highest BCUT2D eigenvalue weighted by molar-refractivity contribution is 7.89. The number of hydrogen-bond acceptors (Lipinski definition) is 4. The van der Waals surface area contributed by atoms with Crippen molar-refractivity contribution in [1.29, 1.82) is 0 Å². The first-order valence-corrected chi connectivity index (χ1v) is 18.6. The molecule has 4 aliphatic rings. The summed E-state index contributed by atoms with van der Waals surface area (Å²) in [5, 5.41) is 22.5. The molecule has 0 bridgehead atoms. The molecule has 4 aliphatic carbocycles. The van der Waals surface area contributed by atoms with E-state index in [0.29, 0.717) is 52.9 Å². The molecule has 1 aromatic carbocycles. The predicted octanol–water partition coefficient (Wildman–Crippen LogP) is 7.31. The highest BCUT2D eigenvalue weighted by atomic mass is 32.2. The third-order valence-corrected chi connectivity index (χ3v) is 14.8. The Hall–Kier alpha value is -0.950. The summed E-state index contributed by atoms with van der Waals surface area (Å²) >= 11 is 0. The first kappa shape index (κ1) is 32.4. The highest BCUT2D eigenvalue weighted by Crippen LogP contribution is 2.69. The molecular formula is C36H59NO4S. The monoisotopic (exact) mass is 601 g/mol. The molecular weight excluding hydrogens is 542 g/mol. The minimum Gasteiger partial charge on any atom is -0.393 e. The zero-order valence-electron chi connectivity index (χ0n) is 27.4. The van der Waals surface area contributed by atoms with Gasteiger partial charge in [0.2, 0.25) is 10.0 Å². The third kappa shape index (κ3) is 5.65. The molecule has 1 unspecified atom stereocenters. The Balaban J connectivity index is 1.21. The van der Waals surface area contributed by atoms with Gasteiger partial charge in [0.05, 0.1) is 17.1 Å². The van der Waals surface area contributed by atoms with Crippen LogP contribution in [0.25, 0.3) is 0 Å². The Morgan fingerprint density at radius 2 is 1.60 bits per heavy atom. The molecule has 0 saturated heterocycles. The number of fused-ring (bicyclic) bond motifs is 5. The van der Waals surface area contributed by atoms with E-state index in [9.17, 15) is 18.6 Å². The Morgan fingerprint density at radius 3 is 2.24 bits per heavy atom. The lowest BCUT2D eigenvalue weighted by Gasteiger charge is -2.64. The zero-order valence-corrected chi connectivity index (χ0v) is 28.2. The standard InChI is InChI=1S/C36H59NO4S/c1-8-27-31-22-25(38)17-19-36(31,7)30-18-20-35(6)28(15-16-29(35)32(30)33(27)39)23(2)10-9-21-37-42(40,41)26-13-11-24(12-14-26)34(3,4)5/h11-14,23,25,27-33,37-39H,8-10,15-22H2,1-7H3/t23-,25-,27-,28?,29+,30+,31+,32+,33-,35-,36-/m1/s1. The fourth-order valence-electron chi connectivity index (χ4n) is 11.0. The fraction of sp³-hybridized carbons (Fsp3) is 0.833. The number of aliphatic hydroxyl groups excluding tert-OH is 2. The van der Waals surface area contributed by atoms with Crippen LogP contribution in [0.2, 0.25) is 0 Å². The van der Waals surface area contributed by atoms with E-state index in [1.54, 1.807) is 12.1 Å². The molecule has 0 radical (unpaired) electrons. The van der Waals surface area contributed by atoms with E-state index in [4.69, 9.17) is 0 Å². The minimum atomic E-state index is -3.51. The molecule has 0 heterocycles. The van der Waals surface area contributed by atoms with E-state index in [-0.39, 0.29) is 28.5 Å². The van der Waals surface area contributed by atoms with E-state index in [2.05, 4.69) is 53.2 Å². The Bertz CT molecular complexity index is 1190. The largest absolute Gasteiger partial charge is 0.393 e. The average molecular weight is 602 g/mol. The van der Waals surface area contributed by atoms with Gasteiger partial charge in [0.25, 0.3) is 0 Å². The van der Waals surface area contributed by atoms with Crippen LogP contribution >= 0.6 is 0 Å². The molecule has 5 rings (SSSR count). The maximum absolute atomic E-state index is 12.9. The van der Waals surface area contributed by atoms with Gasteiger partial charge in [-0.2, -0.15) is 0 Å². The first-order chi connectivity index (χ1) is 19.6. The summed E-state index contributed by atoms with van der Waals surface area (Å²) in [7, 11) is -3.51. The second kappa shape index (κ2) is 11.8. The molecule has 4 fully saturated rings. The lowest BCUT2D eigenvalue weighted by Crippen LogP contribution is -2.62. The minimum absolute atomic E-state index is 0.00636. The van der Waals surface area contributed by atoms with E-state index in [0.717, 1.165) is 44.1 Å². The van der Waals surface area contributed by atoms with Gasteiger partial charge < -0.3 is 10.2 Å². The summed E-state index contributed by atoms with van der Waals surface area (Å²) in [5.41, 5.74) is 1.60. The molecule has 11 atom stereocenters. The predicted molar refractivity (Wildman–Crippen MR) is 171 cm³/mol. The van der Waals surface area contributed by atoms with Gasteiger partial charge in [-0.25, -0.2) is 13.1 Å². The summed E-state index contributed by atoms with van der Waals surface area (Å²) in [6.07, 6.45) is 10.1. The van der Waals surface area contributed by atoms with Crippen LogP contribution in [0.5, 0.6) is 0 Å². The number of sulfonamides is 1. The smallest absolute Gasteiger partial charge is 0.240 e. The number of benzene rings is 1. The van der Waals surface area contributed by atoms with Crippen molar-refractivity contribution < 1.29 is 18.6 Å². The van der Waals surface area contributed by atoms with Crippen LogP contribution < -0.4 is 4.72 Å². The van der Waals surface area contributed by atoms with Crippen molar-refractivity contribution in [3.63, 3.8) is 0 Å². The molecule has 5 nitrogen and oxygen atoms in total. The van der Waals surface area contributed by atoms with Crippen LogP contribution in [0, 0.1) is 52.3 Å². The zero-order chi connectivity index (χ0) is 30.7. The van der Waals surface area contributed by atoms with Crippen molar-refractivity contribution in [2.75, 3.05) is 6.54 Å². The summed E-state index contributed by atoms with van der Waals surface area (Å²) in [4.78, 5) is 0.339. The van der Waals surface area contributed by atoms with Gasteiger partial charge in [0.1, 0.15) is 0 Å². The third-order valence-electron chi connectivity index (χ3n) is 13.3. The van der Waals surface area contributed by atoms with Crippen LogP contribution in [0.3, 0.4) is 0 Å². The van der Waals surface area contributed by atoms with Crippen molar-refractivity contribution in [2.24, 2.45) is 52.3 Å². The van der Waals surface area contributed by atoms with E-state index < -0.39 is 10.0 Å². The van der Waals surface area contributed by atoms with E-state index in [1.165, 1.54) is 25.7 Å². The molecule has 0 aromatic heterocycles. The summed E-state index contributed by atoms with van der Waals surface area (Å²) < 4.78 is 28.7. The average Bonchev–Trinajstić information content (AvgIpc) is 3.29. The molecule has 238 valence electrons. The molecule has 42 heavy (non-hydrogen) atoms. The van der Waals surface area contributed by atoms with Gasteiger partial charge in [-0.1, -0.05) is 67.0 Å². The van der Waals surface area contributed by atoms with E-state index >= 15 is 0 Å². The number of nitrogens with one attached hydrogen (secondary N) is 1. The van der Waals surface area contributed by atoms with Crippen molar-refractivity contribution >= 4 is 10.0 Å². The Morgan fingerprint density at radius 1 is 0.952 bits per heavy atom. The van der Waals surface area contributed by atoms with Crippen molar-refractivity contribution in [3.8, 4) is 0 Å².